The molecule has 1 unspecified atom stereocenters. The third kappa shape index (κ3) is 4.36. The van der Waals surface area contributed by atoms with Crippen molar-refractivity contribution in [3.8, 4) is 11.6 Å². The summed E-state index contributed by atoms with van der Waals surface area (Å²) in [5.41, 5.74) is -1.01. The Kier molecular flexibility index (Phi) is 6.06. The number of benzene rings is 1. The van der Waals surface area contributed by atoms with Crippen LogP contribution < -0.4 is 15.3 Å². The second-order valence-electron chi connectivity index (χ2n) is 5.75. The van der Waals surface area contributed by atoms with Crippen LogP contribution in [0.1, 0.15) is 6.23 Å². The first kappa shape index (κ1) is 20.7. The molecule has 0 aliphatic carbocycles. The van der Waals surface area contributed by atoms with Crippen LogP contribution in [0.4, 0.5) is 0 Å². The number of hydrogen-bond acceptors (Lipinski definition) is 9. The Morgan fingerprint density at radius 1 is 1.36 bits per heavy atom. The fraction of sp³-hybridized carbons (Fsp3) is 0.333. The lowest BCUT2D eigenvalue weighted by molar-refractivity contribution is -0.275. The maximum absolute atomic E-state index is 12.3. The van der Waals surface area contributed by atoms with Crippen LogP contribution in [0.3, 0.4) is 0 Å². The van der Waals surface area contributed by atoms with Crippen molar-refractivity contribution in [2.24, 2.45) is 0 Å². The zero-order chi connectivity index (χ0) is 20.5. The normalized spacial score (nSPS) is 26.7. The van der Waals surface area contributed by atoms with E-state index in [9.17, 15) is 29.6 Å². The number of rotatable bonds is 6. The van der Waals surface area contributed by atoms with E-state index in [0.717, 1.165) is 16.8 Å². The van der Waals surface area contributed by atoms with Gasteiger partial charge < -0.3 is 24.6 Å². The molecular formula is C15H15ClN2O9P-. The summed E-state index contributed by atoms with van der Waals surface area (Å²) >= 11 is 5.87. The van der Waals surface area contributed by atoms with Crippen LogP contribution >= 0.6 is 19.4 Å². The van der Waals surface area contributed by atoms with Crippen LogP contribution in [0.25, 0.3) is 0 Å². The Labute approximate surface area is 162 Å². The lowest BCUT2D eigenvalue weighted by Crippen LogP contribution is -2.37. The summed E-state index contributed by atoms with van der Waals surface area (Å²) < 4.78 is 28.4. The molecule has 0 spiro atoms. The van der Waals surface area contributed by atoms with Crippen molar-refractivity contribution < 1.29 is 38.6 Å². The van der Waals surface area contributed by atoms with Crippen molar-refractivity contribution in [2.75, 3.05) is 6.61 Å². The molecule has 11 nitrogen and oxygen atoms in total. The summed E-state index contributed by atoms with van der Waals surface area (Å²) in [4.78, 5) is 25.0. The van der Waals surface area contributed by atoms with Crippen molar-refractivity contribution in [1.82, 2.24) is 9.55 Å². The second-order valence-corrected chi connectivity index (χ2v) is 7.49. The predicted molar refractivity (Wildman–Crippen MR) is 91.7 cm³/mol. The quantitative estimate of drug-likeness (QED) is 0.519. The van der Waals surface area contributed by atoms with E-state index in [4.69, 9.17) is 25.4 Å². The molecule has 152 valence electrons. The van der Waals surface area contributed by atoms with Gasteiger partial charge in [-0.15, -0.1) is 0 Å². The van der Waals surface area contributed by atoms with Crippen LogP contribution in [0, 0.1) is 0 Å². The smallest absolute Gasteiger partial charge is 0.527 e. The maximum atomic E-state index is 12.3. The average molecular weight is 434 g/mol. The largest absolute Gasteiger partial charge is 0.858 e. The summed E-state index contributed by atoms with van der Waals surface area (Å²) in [6.45, 7) is -0.702. The van der Waals surface area contributed by atoms with Crippen molar-refractivity contribution in [1.29, 1.82) is 0 Å². The van der Waals surface area contributed by atoms with Crippen LogP contribution in [0.2, 0.25) is 5.02 Å². The van der Waals surface area contributed by atoms with Gasteiger partial charge in [-0.2, -0.15) is 0 Å². The van der Waals surface area contributed by atoms with E-state index in [2.05, 4.69) is 4.98 Å². The minimum absolute atomic E-state index is 0.0514. The molecule has 1 aromatic carbocycles. The van der Waals surface area contributed by atoms with Crippen LogP contribution in [0.15, 0.2) is 41.3 Å². The van der Waals surface area contributed by atoms with Gasteiger partial charge in [0.25, 0.3) is 0 Å². The Hall–Kier alpha value is -1.98. The molecule has 0 bridgehead atoms. The van der Waals surface area contributed by atoms with Gasteiger partial charge in [0.2, 0.25) is 0 Å². The van der Waals surface area contributed by atoms with E-state index in [1.165, 1.54) is 18.2 Å². The zero-order valence-corrected chi connectivity index (χ0v) is 15.6. The lowest BCUT2D eigenvalue weighted by atomic mass is 10.1. The van der Waals surface area contributed by atoms with E-state index in [-0.39, 0.29) is 10.8 Å². The first-order valence-electron chi connectivity index (χ1n) is 7.88. The second kappa shape index (κ2) is 8.18. The number of phosphoric ester groups is 1. The number of hydrogen-bond donors (Lipinski definition) is 3. The topological polar surface area (TPSA) is 163 Å². The highest BCUT2D eigenvalue weighted by Crippen LogP contribution is 2.49. The molecule has 1 aliphatic rings. The molecule has 1 fully saturated rings. The van der Waals surface area contributed by atoms with Crippen LogP contribution in [-0.4, -0.2) is 49.6 Å². The molecule has 13 heteroatoms. The minimum Gasteiger partial charge on any atom is -0.858 e. The van der Waals surface area contributed by atoms with Crippen molar-refractivity contribution in [2.45, 2.75) is 24.5 Å². The third-order valence-electron chi connectivity index (χ3n) is 3.87. The Bertz CT molecular complexity index is 955. The van der Waals surface area contributed by atoms with E-state index in [1.54, 1.807) is 6.07 Å². The summed E-state index contributed by atoms with van der Waals surface area (Å²) in [7, 11) is -4.80. The molecule has 0 amide bonds. The van der Waals surface area contributed by atoms with Gasteiger partial charge >= 0.3 is 13.5 Å². The molecule has 1 aliphatic heterocycles. The molecule has 1 saturated heterocycles. The summed E-state index contributed by atoms with van der Waals surface area (Å²) in [5.74, 6) is -0.916. The molecule has 2 aromatic rings. The van der Waals surface area contributed by atoms with Gasteiger partial charge in [0, 0.05) is 6.20 Å². The van der Waals surface area contributed by atoms with Gasteiger partial charge in [-0.05, 0) is 24.1 Å². The Morgan fingerprint density at radius 3 is 2.71 bits per heavy atom. The average Bonchev–Trinajstić information content (AvgIpc) is 2.92. The van der Waals surface area contributed by atoms with Gasteiger partial charge in [0.05, 0.1) is 11.6 Å². The molecule has 2 heterocycles. The van der Waals surface area contributed by atoms with Crippen LogP contribution in [-0.2, 0) is 13.8 Å². The summed E-state index contributed by atoms with van der Waals surface area (Å²) in [6.07, 6.45) is -4.84. The highest BCUT2D eigenvalue weighted by molar-refractivity contribution is 7.47. The first-order chi connectivity index (χ1) is 13.2. The molecular weight excluding hydrogens is 419 g/mol. The SMILES string of the molecule is O=c1nc([O-])ccn1[C@@H]1O[C@H](CO)[C@@H](OP(=O)(O)Oc2ccccc2Cl)[C@H]1O. The zero-order valence-electron chi connectivity index (χ0n) is 14.0. The van der Waals surface area contributed by atoms with Gasteiger partial charge in [-0.25, -0.2) is 14.3 Å². The number of aliphatic hydroxyl groups is 2. The number of nitrogens with zero attached hydrogens (tertiary/aromatic N) is 2. The highest BCUT2D eigenvalue weighted by Gasteiger charge is 2.49. The number of ether oxygens (including phenoxy) is 1. The fourth-order valence-corrected chi connectivity index (χ4v) is 3.88. The van der Waals surface area contributed by atoms with Crippen LogP contribution in [0.5, 0.6) is 11.6 Å². The molecule has 0 radical (unpaired) electrons. The van der Waals surface area contributed by atoms with Crippen molar-refractivity contribution in [3.63, 3.8) is 0 Å². The summed E-state index contributed by atoms with van der Waals surface area (Å²) in [5, 5.41) is 31.1. The van der Waals surface area contributed by atoms with E-state index < -0.39 is 50.5 Å². The van der Waals surface area contributed by atoms with Gasteiger partial charge in [-0.1, -0.05) is 23.7 Å². The highest BCUT2D eigenvalue weighted by atomic mass is 35.5. The van der Waals surface area contributed by atoms with Crippen molar-refractivity contribution >= 4 is 19.4 Å². The van der Waals surface area contributed by atoms with E-state index >= 15 is 0 Å². The number of para-hydroxylation sites is 1. The van der Waals surface area contributed by atoms with E-state index in [1.807, 2.05) is 0 Å². The number of aliphatic hydroxyl groups excluding tert-OH is 2. The Morgan fingerprint density at radius 2 is 2.07 bits per heavy atom. The number of aromatic nitrogens is 2. The minimum atomic E-state index is -4.80. The monoisotopic (exact) mass is 433 g/mol. The number of phosphoric acid groups is 1. The van der Waals surface area contributed by atoms with Gasteiger partial charge in [0.15, 0.2) is 6.23 Å². The molecule has 5 atom stereocenters. The number of halogens is 1. The molecule has 1 aromatic heterocycles. The molecule has 0 saturated carbocycles. The summed E-state index contributed by atoms with van der Waals surface area (Å²) in [6, 6.07) is 6.82. The molecule has 3 N–H and O–H groups in total. The van der Waals surface area contributed by atoms with Gasteiger partial charge in [-0.3, -0.25) is 14.0 Å². The van der Waals surface area contributed by atoms with Gasteiger partial charge in [0.1, 0.15) is 24.1 Å². The van der Waals surface area contributed by atoms with E-state index in [0.29, 0.717) is 0 Å². The Balaban J connectivity index is 1.81. The lowest BCUT2D eigenvalue weighted by Gasteiger charge is -2.22. The third-order valence-corrected chi connectivity index (χ3v) is 5.12. The fourth-order valence-electron chi connectivity index (χ4n) is 2.64. The maximum Gasteiger partial charge on any atom is 0.527 e. The van der Waals surface area contributed by atoms with Crippen molar-refractivity contribution in [3.05, 3.63) is 52.0 Å². The first-order valence-corrected chi connectivity index (χ1v) is 9.75. The predicted octanol–water partition coefficient (Wildman–Crippen LogP) is -0.215. The molecule has 28 heavy (non-hydrogen) atoms. The standard InChI is InChI=1S/C15H16ClN2O9P/c16-8-3-1-2-4-9(8)26-28(23,24)27-13-10(7-19)25-14(12(13)21)18-6-5-11(20)17-15(18)22/h1-6,10,12-14,19,21H,7H2,(H,23,24)(H,17,20,22)/p-1/t10-,12-,13-,14-/m1/s1. The molecule has 3 rings (SSSR count).